The van der Waals surface area contributed by atoms with E-state index in [1.807, 2.05) is 6.92 Å². The first kappa shape index (κ1) is 12.8. The zero-order chi connectivity index (χ0) is 12.1. The van der Waals surface area contributed by atoms with Crippen LogP contribution in [0.1, 0.15) is 18.6 Å². The first-order valence-corrected chi connectivity index (χ1v) is 4.99. The van der Waals surface area contributed by atoms with Crippen molar-refractivity contribution in [2.45, 2.75) is 13.0 Å². The molecule has 1 aromatic carbocycles. The zero-order valence-electron chi connectivity index (χ0n) is 9.13. The van der Waals surface area contributed by atoms with E-state index in [1.165, 1.54) is 6.07 Å². The summed E-state index contributed by atoms with van der Waals surface area (Å²) in [5, 5.41) is 12.5. The van der Waals surface area contributed by atoms with Gasteiger partial charge in [-0.1, -0.05) is 18.2 Å². The summed E-state index contributed by atoms with van der Waals surface area (Å²) in [6.07, 6.45) is -1.19. The number of hydrogen-bond acceptors (Lipinski definition) is 2. The molecule has 0 amide bonds. The van der Waals surface area contributed by atoms with Crippen LogP contribution in [0, 0.1) is 11.6 Å². The lowest BCUT2D eigenvalue weighted by Crippen LogP contribution is -2.24. The molecule has 16 heavy (non-hydrogen) atoms. The van der Waals surface area contributed by atoms with Crippen LogP contribution in [-0.4, -0.2) is 18.2 Å². The van der Waals surface area contributed by atoms with E-state index in [-0.39, 0.29) is 12.1 Å². The fourth-order valence-electron chi connectivity index (χ4n) is 1.35. The predicted molar refractivity (Wildman–Crippen MR) is 59.0 cm³/mol. The van der Waals surface area contributed by atoms with Crippen molar-refractivity contribution in [3.8, 4) is 0 Å². The molecule has 0 saturated carbocycles. The smallest absolute Gasteiger partial charge is 0.131 e. The van der Waals surface area contributed by atoms with Crippen LogP contribution >= 0.6 is 0 Å². The van der Waals surface area contributed by atoms with Crippen molar-refractivity contribution in [3.05, 3.63) is 47.5 Å². The van der Waals surface area contributed by atoms with Gasteiger partial charge in [0.15, 0.2) is 0 Å². The minimum Gasteiger partial charge on any atom is -0.387 e. The van der Waals surface area contributed by atoms with Gasteiger partial charge in [-0.15, -0.1) is 0 Å². The third-order valence-corrected chi connectivity index (χ3v) is 2.10. The molecule has 0 aliphatic heterocycles. The molecular weight excluding hydrogens is 212 g/mol. The standard InChI is InChI=1S/C12H15F2NO/c1-8(2)6-15-7-11(16)12-9(13)4-3-5-10(12)14/h3-5,11,15-16H,1,6-7H2,2H3. The van der Waals surface area contributed by atoms with Crippen molar-refractivity contribution in [2.75, 3.05) is 13.1 Å². The van der Waals surface area contributed by atoms with Gasteiger partial charge < -0.3 is 10.4 Å². The number of benzene rings is 1. The van der Waals surface area contributed by atoms with Gasteiger partial charge in [0.2, 0.25) is 0 Å². The van der Waals surface area contributed by atoms with Gasteiger partial charge in [-0.2, -0.15) is 0 Å². The Hall–Kier alpha value is -1.26. The summed E-state index contributed by atoms with van der Waals surface area (Å²) in [6, 6.07) is 3.52. The monoisotopic (exact) mass is 227 g/mol. The highest BCUT2D eigenvalue weighted by Gasteiger charge is 2.16. The maximum atomic E-state index is 13.2. The van der Waals surface area contributed by atoms with E-state index in [1.54, 1.807) is 0 Å². The van der Waals surface area contributed by atoms with E-state index < -0.39 is 17.7 Å². The van der Waals surface area contributed by atoms with Gasteiger partial charge in [-0.3, -0.25) is 0 Å². The summed E-state index contributed by atoms with van der Waals surface area (Å²) in [5.74, 6) is -1.46. The molecule has 0 bridgehead atoms. The molecule has 0 aliphatic rings. The second-order valence-corrected chi connectivity index (χ2v) is 3.74. The minimum absolute atomic E-state index is 0.0880. The molecule has 4 heteroatoms. The van der Waals surface area contributed by atoms with Crippen LogP contribution in [0.5, 0.6) is 0 Å². The Bertz CT molecular complexity index is 359. The molecule has 0 fully saturated rings. The van der Waals surface area contributed by atoms with Crippen molar-refractivity contribution in [2.24, 2.45) is 0 Å². The molecule has 2 N–H and O–H groups in total. The van der Waals surface area contributed by atoms with Crippen LogP contribution in [-0.2, 0) is 0 Å². The van der Waals surface area contributed by atoms with Gasteiger partial charge in [0.05, 0.1) is 11.7 Å². The van der Waals surface area contributed by atoms with E-state index in [0.717, 1.165) is 17.7 Å². The van der Waals surface area contributed by atoms with Gasteiger partial charge in [0.25, 0.3) is 0 Å². The van der Waals surface area contributed by atoms with Crippen LogP contribution in [0.15, 0.2) is 30.4 Å². The molecule has 1 rings (SSSR count). The van der Waals surface area contributed by atoms with Crippen molar-refractivity contribution in [1.29, 1.82) is 0 Å². The maximum Gasteiger partial charge on any atom is 0.131 e. The third-order valence-electron chi connectivity index (χ3n) is 2.10. The van der Waals surface area contributed by atoms with Crippen molar-refractivity contribution in [1.82, 2.24) is 5.32 Å². The molecule has 1 atom stereocenters. The summed E-state index contributed by atoms with van der Waals surface area (Å²) in [4.78, 5) is 0. The van der Waals surface area contributed by atoms with Gasteiger partial charge in [0.1, 0.15) is 11.6 Å². The van der Waals surface area contributed by atoms with Crippen LogP contribution in [0.4, 0.5) is 8.78 Å². The topological polar surface area (TPSA) is 32.3 Å². The summed E-state index contributed by atoms with van der Waals surface area (Å²) in [5.41, 5.74) is 0.595. The Balaban J connectivity index is 2.65. The highest BCUT2D eigenvalue weighted by molar-refractivity contribution is 5.22. The van der Waals surface area contributed by atoms with E-state index in [0.29, 0.717) is 6.54 Å². The van der Waals surface area contributed by atoms with E-state index in [4.69, 9.17) is 0 Å². The molecule has 0 aromatic heterocycles. The van der Waals surface area contributed by atoms with Crippen LogP contribution < -0.4 is 5.32 Å². The van der Waals surface area contributed by atoms with Crippen LogP contribution in [0.2, 0.25) is 0 Å². The average molecular weight is 227 g/mol. The lowest BCUT2D eigenvalue weighted by molar-refractivity contribution is 0.166. The summed E-state index contributed by atoms with van der Waals surface area (Å²) in [7, 11) is 0. The Labute approximate surface area is 93.6 Å². The molecule has 1 unspecified atom stereocenters. The van der Waals surface area contributed by atoms with E-state index >= 15 is 0 Å². The number of rotatable bonds is 5. The Kier molecular flexibility index (Phi) is 4.58. The minimum atomic E-state index is -1.19. The SMILES string of the molecule is C=C(C)CNCC(O)c1c(F)cccc1F. The zero-order valence-corrected chi connectivity index (χ0v) is 9.13. The molecular formula is C12H15F2NO. The summed E-state index contributed by atoms with van der Waals surface area (Å²) < 4.78 is 26.5. The Morgan fingerprint density at radius 2 is 2.00 bits per heavy atom. The predicted octanol–water partition coefficient (Wildman–Crippen LogP) is 2.16. The van der Waals surface area contributed by atoms with E-state index in [2.05, 4.69) is 11.9 Å². The van der Waals surface area contributed by atoms with Crippen LogP contribution in [0.25, 0.3) is 0 Å². The third kappa shape index (κ3) is 3.40. The lowest BCUT2D eigenvalue weighted by atomic mass is 10.1. The molecule has 0 heterocycles. The first-order chi connectivity index (χ1) is 7.52. The largest absolute Gasteiger partial charge is 0.387 e. The fourth-order valence-corrected chi connectivity index (χ4v) is 1.35. The number of hydrogen-bond donors (Lipinski definition) is 2. The number of aliphatic hydroxyl groups is 1. The summed E-state index contributed by atoms with van der Waals surface area (Å²) >= 11 is 0. The number of halogens is 2. The van der Waals surface area contributed by atoms with Gasteiger partial charge in [0, 0.05) is 13.1 Å². The molecule has 2 nitrogen and oxygen atoms in total. The molecule has 0 radical (unpaired) electrons. The highest BCUT2D eigenvalue weighted by atomic mass is 19.1. The average Bonchev–Trinajstić information content (AvgIpc) is 2.16. The van der Waals surface area contributed by atoms with Gasteiger partial charge in [-0.05, 0) is 19.1 Å². The van der Waals surface area contributed by atoms with E-state index in [9.17, 15) is 13.9 Å². The van der Waals surface area contributed by atoms with Crippen molar-refractivity contribution in [3.63, 3.8) is 0 Å². The van der Waals surface area contributed by atoms with Crippen molar-refractivity contribution >= 4 is 0 Å². The summed E-state index contributed by atoms with van der Waals surface area (Å²) in [6.45, 7) is 6.09. The molecule has 1 aromatic rings. The first-order valence-electron chi connectivity index (χ1n) is 4.99. The van der Waals surface area contributed by atoms with Gasteiger partial charge >= 0.3 is 0 Å². The van der Waals surface area contributed by atoms with Crippen molar-refractivity contribution < 1.29 is 13.9 Å². The second kappa shape index (κ2) is 5.72. The molecule has 0 saturated heterocycles. The molecule has 0 aliphatic carbocycles. The van der Waals surface area contributed by atoms with Gasteiger partial charge in [-0.25, -0.2) is 8.78 Å². The fraction of sp³-hybridized carbons (Fsp3) is 0.333. The number of nitrogens with one attached hydrogen (secondary N) is 1. The lowest BCUT2D eigenvalue weighted by Gasteiger charge is -2.13. The maximum absolute atomic E-state index is 13.2. The highest BCUT2D eigenvalue weighted by Crippen LogP contribution is 2.19. The molecule has 88 valence electrons. The molecule has 0 spiro atoms. The number of aliphatic hydroxyl groups excluding tert-OH is 1. The Morgan fingerprint density at radius 3 is 2.50 bits per heavy atom. The quantitative estimate of drug-likeness (QED) is 0.755. The van der Waals surface area contributed by atoms with Crippen LogP contribution in [0.3, 0.4) is 0 Å². The second-order valence-electron chi connectivity index (χ2n) is 3.74. The Morgan fingerprint density at radius 1 is 1.44 bits per heavy atom. The normalized spacial score (nSPS) is 12.5.